The molecule has 0 bridgehead atoms. The molecule has 0 radical (unpaired) electrons. The quantitative estimate of drug-likeness (QED) is 0.768. The van der Waals surface area contributed by atoms with Crippen molar-refractivity contribution in [1.29, 1.82) is 0 Å². The molecule has 4 nitrogen and oxygen atoms in total. The van der Waals surface area contributed by atoms with Crippen molar-refractivity contribution < 1.29 is 4.74 Å². The molecule has 0 unspecified atom stereocenters. The lowest BCUT2D eigenvalue weighted by Gasteiger charge is -2.08. The molecule has 22 heavy (non-hydrogen) atoms. The Labute approximate surface area is 133 Å². The summed E-state index contributed by atoms with van der Waals surface area (Å²) in [4.78, 5) is 12.2. The van der Waals surface area contributed by atoms with Crippen LogP contribution in [-0.2, 0) is 0 Å². The number of ether oxygens (including phenoxy) is 1. The van der Waals surface area contributed by atoms with Crippen molar-refractivity contribution in [3.05, 3.63) is 41.4 Å². The number of aromatic amines is 1. The molecule has 5 heteroatoms. The van der Waals surface area contributed by atoms with Gasteiger partial charge in [0.25, 0.3) is 6.01 Å². The van der Waals surface area contributed by atoms with E-state index in [1.54, 1.807) is 0 Å². The van der Waals surface area contributed by atoms with Crippen molar-refractivity contribution in [2.75, 3.05) is 0 Å². The van der Waals surface area contributed by atoms with Gasteiger partial charge in [-0.25, -0.2) is 4.98 Å². The number of imidazole rings is 1. The van der Waals surface area contributed by atoms with E-state index >= 15 is 0 Å². The van der Waals surface area contributed by atoms with Gasteiger partial charge in [-0.3, -0.25) is 0 Å². The summed E-state index contributed by atoms with van der Waals surface area (Å²) in [5.41, 5.74) is 3.17. The molecule has 0 amide bonds. The van der Waals surface area contributed by atoms with Crippen molar-refractivity contribution in [3.63, 3.8) is 0 Å². The third-order valence-corrected chi connectivity index (χ3v) is 4.32. The molecule has 0 saturated heterocycles. The standard InChI is InChI=1S/C17H16ClN3O/c18-13-10-14-16(20-15(13)11-6-2-1-3-7-11)21-17(19-14)22-12-8-4-5-9-12/h1-3,6-7,10,12H,4-5,8-9H2,(H,19,20,21). The van der Waals surface area contributed by atoms with Crippen LogP contribution in [0.1, 0.15) is 25.7 Å². The van der Waals surface area contributed by atoms with Gasteiger partial charge in [-0.15, -0.1) is 0 Å². The highest BCUT2D eigenvalue weighted by atomic mass is 35.5. The molecular weight excluding hydrogens is 298 g/mol. The van der Waals surface area contributed by atoms with Gasteiger partial charge in [0.1, 0.15) is 6.10 Å². The fourth-order valence-corrected chi connectivity index (χ4v) is 3.17. The number of H-pyrrole nitrogens is 1. The minimum atomic E-state index is 0.268. The zero-order chi connectivity index (χ0) is 14.9. The number of aromatic nitrogens is 3. The highest BCUT2D eigenvalue weighted by molar-refractivity contribution is 6.33. The smallest absolute Gasteiger partial charge is 0.296 e. The first-order valence-corrected chi connectivity index (χ1v) is 7.96. The maximum Gasteiger partial charge on any atom is 0.296 e. The van der Waals surface area contributed by atoms with Gasteiger partial charge in [0.2, 0.25) is 0 Å². The number of halogens is 1. The number of pyridine rings is 1. The molecule has 1 N–H and O–H groups in total. The summed E-state index contributed by atoms with van der Waals surface area (Å²) >= 11 is 6.37. The van der Waals surface area contributed by atoms with Crippen LogP contribution >= 0.6 is 11.6 Å². The minimum absolute atomic E-state index is 0.268. The Bertz CT molecular complexity index is 794. The van der Waals surface area contributed by atoms with Crippen LogP contribution in [0.3, 0.4) is 0 Å². The van der Waals surface area contributed by atoms with Crippen molar-refractivity contribution in [3.8, 4) is 17.3 Å². The topological polar surface area (TPSA) is 50.8 Å². The van der Waals surface area contributed by atoms with E-state index in [4.69, 9.17) is 16.3 Å². The third-order valence-electron chi connectivity index (χ3n) is 4.03. The molecule has 1 fully saturated rings. The molecular formula is C17H16ClN3O. The van der Waals surface area contributed by atoms with Crippen LogP contribution in [0.4, 0.5) is 0 Å². The summed E-state index contributed by atoms with van der Waals surface area (Å²) < 4.78 is 5.90. The van der Waals surface area contributed by atoms with Crippen LogP contribution < -0.4 is 4.74 Å². The first-order valence-electron chi connectivity index (χ1n) is 7.58. The van der Waals surface area contributed by atoms with E-state index in [1.807, 2.05) is 36.4 Å². The first-order chi connectivity index (χ1) is 10.8. The lowest BCUT2D eigenvalue weighted by molar-refractivity contribution is 0.195. The summed E-state index contributed by atoms with van der Waals surface area (Å²) in [6, 6.07) is 12.3. The van der Waals surface area contributed by atoms with E-state index in [0.717, 1.165) is 29.6 Å². The molecule has 0 spiro atoms. The molecule has 3 aromatic rings. The molecule has 1 saturated carbocycles. The normalized spacial score (nSPS) is 15.5. The molecule has 1 aromatic carbocycles. The van der Waals surface area contributed by atoms with Gasteiger partial charge in [-0.2, -0.15) is 4.98 Å². The number of rotatable bonds is 3. The fraction of sp³-hybridized carbons (Fsp3) is 0.294. The second-order valence-electron chi connectivity index (χ2n) is 5.62. The Morgan fingerprint density at radius 1 is 1.09 bits per heavy atom. The molecule has 0 atom stereocenters. The molecule has 1 aliphatic rings. The third kappa shape index (κ3) is 2.55. The van der Waals surface area contributed by atoms with Crippen molar-refractivity contribution in [2.45, 2.75) is 31.8 Å². The average Bonchev–Trinajstić information content (AvgIpc) is 3.16. The largest absolute Gasteiger partial charge is 0.461 e. The molecule has 0 aliphatic heterocycles. The molecule has 112 valence electrons. The van der Waals surface area contributed by atoms with Crippen molar-refractivity contribution in [2.24, 2.45) is 0 Å². The SMILES string of the molecule is Clc1cc2[nH]c(OC3CCCC3)nc2nc1-c1ccccc1. The van der Waals surface area contributed by atoms with Gasteiger partial charge in [0.05, 0.1) is 16.2 Å². The number of hydrogen-bond donors (Lipinski definition) is 1. The van der Waals surface area contributed by atoms with Crippen LogP contribution in [0.15, 0.2) is 36.4 Å². The highest BCUT2D eigenvalue weighted by Gasteiger charge is 2.19. The van der Waals surface area contributed by atoms with E-state index in [1.165, 1.54) is 12.8 Å². The second-order valence-corrected chi connectivity index (χ2v) is 6.03. The molecule has 1 aliphatic carbocycles. The minimum Gasteiger partial charge on any atom is -0.461 e. The monoisotopic (exact) mass is 313 g/mol. The Kier molecular flexibility index (Phi) is 3.47. The summed E-state index contributed by atoms with van der Waals surface area (Å²) in [6.45, 7) is 0. The maximum absolute atomic E-state index is 6.37. The molecule has 2 heterocycles. The van der Waals surface area contributed by atoms with Gasteiger partial charge in [0.15, 0.2) is 5.65 Å². The molecule has 2 aromatic heterocycles. The summed E-state index contributed by atoms with van der Waals surface area (Å²) in [6.07, 6.45) is 4.92. The zero-order valence-electron chi connectivity index (χ0n) is 12.1. The number of benzene rings is 1. The Balaban J connectivity index is 1.70. The zero-order valence-corrected chi connectivity index (χ0v) is 12.8. The molecule has 4 rings (SSSR count). The van der Waals surface area contributed by atoms with Gasteiger partial charge in [-0.05, 0) is 31.7 Å². The van der Waals surface area contributed by atoms with Crippen LogP contribution in [0.5, 0.6) is 6.01 Å². The van der Waals surface area contributed by atoms with Crippen LogP contribution in [-0.4, -0.2) is 21.1 Å². The fourth-order valence-electron chi connectivity index (χ4n) is 2.91. The lowest BCUT2D eigenvalue weighted by Crippen LogP contribution is -2.11. The van der Waals surface area contributed by atoms with Gasteiger partial charge in [0, 0.05) is 5.56 Å². The summed E-state index contributed by atoms with van der Waals surface area (Å²) in [7, 11) is 0. The van der Waals surface area contributed by atoms with E-state index in [2.05, 4.69) is 15.0 Å². The number of nitrogens with zero attached hydrogens (tertiary/aromatic N) is 2. The van der Waals surface area contributed by atoms with Crippen LogP contribution in [0, 0.1) is 0 Å². The van der Waals surface area contributed by atoms with Crippen molar-refractivity contribution >= 4 is 22.8 Å². The lowest BCUT2D eigenvalue weighted by atomic mass is 10.1. The van der Waals surface area contributed by atoms with E-state index in [9.17, 15) is 0 Å². The Morgan fingerprint density at radius 2 is 1.86 bits per heavy atom. The highest BCUT2D eigenvalue weighted by Crippen LogP contribution is 2.30. The summed E-state index contributed by atoms with van der Waals surface area (Å²) in [5.74, 6) is 0. The van der Waals surface area contributed by atoms with Gasteiger partial charge in [-0.1, -0.05) is 41.9 Å². The Morgan fingerprint density at radius 3 is 2.64 bits per heavy atom. The van der Waals surface area contributed by atoms with Crippen LogP contribution in [0.25, 0.3) is 22.4 Å². The average molecular weight is 314 g/mol. The van der Waals surface area contributed by atoms with E-state index < -0.39 is 0 Å². The summed E-state index contributed by atoms with van der Waals surface area (Å²) in [5, 5.41) is 0.606. The first kappa shape index (κ1) is 13.6. The second kappa shape index (κ2) is 5.61. The Hall–Kier alpha value is -2.07. The van der Waals surface area contributed by atoms with Gasteiger partial charge < -0.3 is 9.72 Å². The van der Waals surface area contributed by atoms with Crippen LogP contribution in [0.2, 0.25) is 5.02 Å². The number of hydrogen-bond acceptors (Lipinski definition) is 3. The van der Waals surface area contributed by atoms with E-state index in [-0.39, 0.29) is 6.10 Å². The maximum atomic E-state index is 6.37. The van der Waals surface area contributed by atoms with Crippen molar-refractivity contribution in [1.82, 2.24) is 15.0 Å². The number of nitrogens with one attached hydrogen (secondary N) is 1. The van der Waals surface area contributed by atoms with E-state index in [0.29, 0.717) is 16.7 Å². The predicted octanol–water partition coefficient (Wildman–Crippen LogP) is 4.60. The number of fused-ring (bicyclic) bond motifs is 1. The predicted molar refractivity (Wildman–Crippen MR) is 87.2 cm³/mol. The van der Waals surface area contributed by atoms with Gasteiger partial charge >= 0.3 is 0 Å².